The SMILES string of the molecule is C[B]c1ccc2[nH]c3cnc(C#N)cc3c2c1. The van der Waals surface area contributed by atoms with Crippen LogP contribution in [-0.4, -0.2) is 17.2 Å². The van der Waals surface area contributed by atoms with Crippen molar-refractivity contribution in [2.24, 2.45) is 0 Å². The summed E-state index contributed by atoms with van der Waals surface area (Å²) in [7, 11) is 2.06. The molecule has 0 atom stereocenters. The fraction of sp³-hybridized carbons (Fsp3) is 0.0769. The standard InChI is InChI=1S/C13H9BN3/c1-14-8-2-3-12-10(4-8)11-5-9(6-15)16-7-13(11)17-12/h2-5,7,17H,1H3. The summed E-state index contributed by atoms with van der Waals surface area (Å²) < 4.78 is 0. The lowest BCUT2D eigenvalue weighted by molar-refractivity contribution is 1.28. The summed E-state index contributed by atoms with van der Waals surface area (Å²) >= 11 is 0. The number of aromatic nitrogens is 2. The molecule has 79 valence electrons. The Kier molecular flexibility index (Phi) is 2.12. The normalized spacial score (nSPS) is 10.6. The fourth-order valence-corrected chi connectivity index (χ4v) is 2.06. The number of rotatable bonds is 1. The highest BCUT2D eigenvalue weighted by Gasteiger charge is 2.06. The molecular weight excluding hydrogens is 209 g/mol. The third-order valence-corrected chi connectivity index (χ3v) is 2.95. The molecule has 0 bridgehead atoms. The predicted octanol–water partition coefficient (Wildman–Crippen LogP) is 1.97. The van der Waals surface area contributed by atoms with E-state index in [1.165, 1.54) is 5.46 Å². The van der Waals surface area contributed by atoms with E-state index in [-0.39, 0.29) is 0 Å². The Bertz CT molecular complexity index is 752. The number of nitrogens with zero attached hydrogens (tertiary/aromatic N) is 2. The minimum atomic E-state index is 0.448. The monoisotopic (exact) mass is 218 g/mol. The highest BCUT2D eigenvalue weighted by atomic mass is 14.8. The molecule has 0 aliphatic carbocycles. The van der Waals surface area contributed by atoms with Crippen LogP contribution >= 0.6 is 0 Å². The number of nitriles is 1. The van der Waals surface area contributed by atoms with E-state index in [2.05, 4.69) is 41.5 Å². The van der Waals surface area contributed by atoms with Crippen molar-refractivity contribution < 1.29 is 0 Å². The molecule has 3 nitrogen and oxygen atoms in total. The molecule has 0 saturated heterocycles. The maximum absolute atomic E-state index is 8.88. The lowest BCUT2D eigenvalue weighted by atomic mass is 9.73. The van der Waals surface area contributed by atoms with Gasteiger partial charge >= 0.3 is 0 Å². The first-order chi connectivity index (χ1) is 8.31. The Morgan fingerprint density at radius 3 is 2.82 bits per heavy atom. The van der Waals surface area contributed by atoms with E-state index < -0.39 is 0 Å². The van der Waals surface area contributed by atoms with Crippen molar-refractivity contribution in [2.75, 3.05) is 0 Å². The van der Waals surface area contributed by atoms with E-state index in [4.69, 9.17) is 5.26 Å². The summed E-state index contributed by atoms with van der Waals surface area (Å²) in [4.78, 5) is 7.36. The van der Waals surface area contributed by atoms with Gasteiger partial charge in [-0.1, -0.05) is 24.4 Å². The molecular formula is C13H9BN3. The first-order valence-electron chi connectivity index (χ1n) is 5.43. The van der Waals surface area contributed by atoms with Crippen LogP contribution in [0.2, 0.25) is 6.82 Å². The second-order valence-corrected chi connectivity index (χ2v) is 3.95. The fourth-order valence-electron chi connectivity index (χ4n) is 2.06. The zero-order chi connectivity index (χ0) is 11.8. The van der Waals surface area contributed by atoms with Gasteiger partial charge in [-0.15, -0.1) is 0 Å². The summed E-state index contributed by atoms with van der Waals surface area (Å²) in [5.41, 5.74) is 3.66. The first kappa shape index (κ1) is 9.92. The molecule has 3 aromatic rings. The molecule has 0 aliphatic heterocycles. The average Bonchev–Trinajstić information content (AvgIpc) is 2.75. The Hall–Kier alpha value is -2.28. The van der Waals surface area contributed by atoms with Crippen LogP contribution in [0.5, 0.6) is 0 Å². The number of hydrogen-bond acceptors (Lipinski definition) is 2. The van der Waals surface area contributed by atoms with Crippen molar-refractivity contribution >= 4 is 34.5 Å². The van der Waals surface area contributed by atoms with Gasteiger partial charge in [0.15, 0.2) is 0 Å². The molecule has 0 aliphatic rings. The van der Waals surface area contributed by atoms with Crippen LogP contribution < -0.4 is 5.46 Å². The van der Waals surface area contributed by atoms with E-state index in [0.29, 0.717) is 5.69 Å². The van der Waals surface area contributed by atoms with E-state index in [0.717, 1.165) is 21.8 Å². The minimum absolute atomic E-state index is 0.448. The zero-order valence-corrected chi connectivity index (χ0v) is 9.36. The van der Waals surface area contributed by atoms with Crippen LogP contribution in [0.25, 0.3) is 21.8 Å². The van der Waals surface area contributed by atoms with Gasteiger partial charge in [0.05, 0.1) is 11.7 Å². The van der Waals surface area contributed by atoms with Crippen LogP contribution in [-0.2, 0) is 0 Å². The van der Waals surface area contributed by atoms with Gasteiger partial charge in [-0.25, -0.2) is 4.98 Å². The van der Waals surface area contributed by atoms with E-state index in [1.807, 2.05) is 12.9 Å². The van der Waals surface area contributed by atoms with Crippen molar-refractivity contribution in [2.45, 2.75) is 6.82 Å². The number of benzene rings is 1. The predicted molar refractivity (Wildman–Crippen MR) is 69.6 cm³/mol. The molecule has 17 heavy (non-hydrogen) atoms. The molecule has 0 amide bonds. The van der Waals surface area contributed by atoms with Crippen LogP contribution in [0.15, 0.2) is 30.5 Å². The lowest BCUT2D eigenvalue weighted by Crippen LogP contribution is -2.08. The Balaban J connectivity index is 2.42. The molecule has 1 N–H and O–H groups in total. The summed E-state index contributed by atoms with van der Waals surface area (Å²) in [6.07, 6.45) is 1.71. The van der Waals surface area contributed by atoms with Crippen molar-refractivity contribution in [3.63, 3.8) is 0 Å². The van der Waals surface area contributed by atoms with Crippen molar-refractivity contribution in [1.82, 2.24) is 9.97 Å². The van der Waals surface area contributed by atoms with Crippen molar-refractivity contribution in [3.05, 3.63) is 36.2 Å². The maximum atomic E-state index is 8.88. The summed E-state index contributed by atoms with van der Waals surface area (Å²) in [6.45, 7) is 2.01. The zero-order valence-electron chi connectivity index (χ0n) is 9.36. The summed E-state index contributed by atoms with van der Waals surface area (Å²) in [5.74, 6) is 0. The van der Waals surface area contributed by atoms with Gasteiger partial charge in [0, 0.05) is 16.3 Å². The number of fused-ring (bicyclic) bond motifs is 3. The molecule has 1 aromatic carbocycles. The van der Waals surface area contributed by atoms with Crippen LogP contribution in [0, 0.1) is 11.3 Å². The molecule has 2 aromatic heterocycles. The molecule has 2 heterocycles. The molecule has 0 saturated carbocycles. The van der Waals surface area contributed by atoms with Crippen LogP contribution in [0.1, 0.15) is 5.69 Å². The number of aromatic amines is 1. The van der Waals surface area contributed by atoms with Gasteiger partial charge in [-0.3, -0.25) is 0 Å². The van der Waals surface area contributed by atoms with Gasteiger partial charge in [0.2, 0.25) is 0 Å². The molecule has 3 rings (SSSR count). The van der Waals surface area contributed by atoms with Gasteiger partial charge in [0.1, 0.15) is 19.0 Å². The third kappa shape index (κ3) is 1.48. The van der Waals surface area contributed by atoms with Crippen molar-refractivity contribution in [3.8, 4) is 6.07 Å². The Morgan fingerprint density at radius 1 is 1.24 bits per heavy atom. The van der Waals surface area contributed by atoms with Gasteiger partial charge in [-0.05, 0) is 12.1 Å². The van der Waals surface area contributed by atoms with Crippen LogP contribution in [0.3, 0.4) is 0 Å². The number of nitrogens with one attached hydrogen (secondary N) is 1. The molecule has 0 spiro atoms. The first-order valence-corrected chi connectivity index (χ1v) is 5.43. The highest BCUT2D eigenvalue weighted by Crippen LogP contribution is 2.24. The third-order valence-electron chi connectivity index (χ3n) is 2.95. The van der Waals surface area contributed by atoms with Crippen LogP contribution in [0.4, 0.5) is 0 Å². The second-order valence-electron chi connectivity index (χ2n) is 3.95. The highest BCUT2D eigenvalue weighted by molar-refractivity contribution is 6.52. The quantitative estimate of drug-likeness (QED) is 0.634. The number of pyridine rings is 1. The summed E-state index contributed by atoms with van der Waals surface area (Å²) in [6, 6.07) is 10.1. The lowest BCUT2D eigenvalue weighted by Gasteiger charge is -1.96. The van der Waals surface area contributed by atoms with E-state index in [9.17, 15) is 0 Å². The average molecular weight is 218 g/mol. The smallest absolute Gasteiger partial charge is 0.148 e. The number of hydrogen-bond donors (Lipinski definition) is 1. The topological polar surface area (TPSA) is 52.5 Å². The molecule has 0 unspecified atom stereocenters. The molecule has 0 fully saturated rings. The minimum Gasteiger partial charge on any atom is -0.353 e. The number of H-pyrrole nitrogens is 1. The Morgan fingerprint density at radius 2 is 2.06 bits per heavy atom. The van der Waals surface area contributed by atoms with Gasteiger partial charge in [-0.2, -0.15) is 5.26 Å². The molecule has 1 radical (unpaired) electrons. The van der Waals surface area contributed by atoms with Crippen molar-refractivity contribution in [1.29, 1.82) is 5.26 Å². The summed E-state index contributed by atoms with van der Waals surface area (Å²) in [5, 5.41) is 11.1. The van der Waals surface area contributed by atoms with Gasteiger partial charge < -0.3 is 4.98 Å². The van der Waals surface area contributed by atoms with E-state index >= 15 is 0 Å². The van der Waals surface area contributed by atoms with Gasteiger partial charge in [0.25, 0.3) is 0 Å². The maximum Gasteiger partial charge on any atom is 0.148 e. The van der Waals surface area contributed by atoms with E-state index in [1.54, 1.807) is 6.20 Å². The molecule has 4 heteroatoms. The Labute approximate surface area is 99.3 Å². The second kappa shape index (κ2) is 3.64. The largest absolute Gasteiger partial charge is 0.353 e.